The van der Waals surface area contributed by atoms with Gasteiger partial charge in [-0.2, -0.15) is 0 Å². The first-order chi connectivity index (χ1) is 7.72. The Morgan fingerprint density at radius 1 is 1.50 bits per heavy atom. The number of thiazole rings is 1. The summed E-state index contributed by atoms with van der Waals surface area (Å²) in [5.74, 6) is 0.910. The molecule has 0 aliphatic carbocycles. The highest BCUT2D eigenvalue weighted by atomic mass is 32.1. The van der Waals surface area contributed by atoms with E-state index in [9.17, 15) is 0 Å². The van der Waals surface area contributed by atoms with Crippen LogP contribution in [0.25, 0.3) is 11.3 Å². The van der Waals surface area contributed by atoms with Crippen LogP contribution in [0.5, 0.6) is 0 Å². The Morgan fingerprint density at radius 2 is 2.31 bits per heavy atom. The van der Waals surface area contributed by atoms with E-state index in [2.05, 4.69) is 29.2 Å². The molecule has 0 radical (unpaired) electrons. The van der Waals surface area contributed by atoms with Gasteiger partial charge in [-0.15, -0.1) is 11.3 Å². The largest absolute Gasteiger partial charge is 0.367 e. The molecule has 0 bridgehead atoms. The fourth-order valence-corrected chi connectivity index (χ4v) is 2.85. The summed E-state index contributed by atoms with van der Waals surface area (Å²) in [4.78, 5) is 7.71. The molecular weight excluding hydrogens is 218 g/mol. The average Bonchev–Trinajstić information content (AvgIpc) is 2.86. The van der Waals surface area contributed by atoms with Gasteiger partial charge in [0, 0.05) is 35.8 Å². The van der Waals surface area contributed by atoms with Crippen molar-refractivity contribution in [1.82, 2.24) is 9.97 Å². The normalized spacial score (nSPS) is 13.2. The molecule has 0 aliphatic rings. The van der Waals surface area contributed by atoms with E-state index in [1.807, 2.05) is 18.5 Å². The van der Waals surface area contributed by atoms with Crippen LogP contribution in [0.15, 0.2) is 23.8 Å². The summed E-state index contributed by atoms with van der Waals surface area (Å²) in [7, 11) is 0. The van der Waals surface area contributed by atoms with Crippen LogP contribution in [0.3, 0.4) is 0 Å². The first-order valence-corrected chi connectivity index (χ1v) is 6.39. The molecule has 3 nitrogen and oxygen atoms in total. The maximum absolute atomic E-state index is 5.79. The quantitative estimate of drug-likeness (QED) is 0.856. The lowest BCUT2D eigenvalue weighted by Crippen LogP contribution is -2.17. The number of nitrogens with zero attached hydrogens (tertiary/aromatic N) is 1. The van der Waals surface area contributed by atoms with Gasteiger partial charge in [0.05, 0.1) is 10.7 Å². The van der Waals surface area contributed by atoms with E-state index in [1.54, 1.807) is 11.3 Å². The minimum absolute atomic E-state index is 0.373. The van der Waals surface area contributed by atoms with Crippen LogP contribution in [-0.4, -0.2) is 16.5 Å². The molecule has 0 fully saturated rings. The van der Waals surface area contributed by atoms with Crippen molar-refractivity contribution in [3.63, 3.8) is 0 Å². The van der Waals surface area contributed by atoms with Crippen molar-refractivity contribution in [2.75, 3.05) is 6.54 Å². The lowest BCUT2D eigenvalue weighted by Gasteiger charge is -2.15. The number of hydrogen-bond donors (Lipinski definition) is 2. The lowest BCUT2D eigenvalue weighted by molar-refractivity contribution is 0.504. The van der Waals surface area contributed by atoms with Gasteiger partial charge in [-0.3, -0.25) is 0 Å². The highest BCUT2D eigenvalue weighted by Crippen LogP contribution is 2.29. The summed E-state index contributed by atoms with van der Waals surface area (Å²) in [6.07, 6.45) is 3.88. The van der Waals surface area contributed by atoms with E-state index in [0.29, 0.717) is 18.4 Å². The molecular formula is C12H17N3S. The predicted molar refractivity (Wildman–Crippen MR) is 68.5 cm³/mol. The summed E-state index contributed by atoms with van der Waals surface area (Å²) in [6, 6.07) is 2.03. The van der Waals surface area contributed by atoms with Crippen LogP contribution >= 0.6 is 11.3 Å². The standard InChI is InChI=1S/C12H17N3S/c1-8(2)10(5-13)12-15-11(7-16-12)9-3-4-14-6-9/h3-4,6-8,10,14H,5,13H2,1-2H3. The molecule has 0 saturated heterocycles. The third kappa shape index (κ3) is 2.18. The van der Waals surface area contributed by atoms with Crippen molar-refractivity contribution in [3.05, 3.63) is 28.8 Å². The zero-order valence-electron chi connectivity index (χ0n) is 9.60. The molecule has 0 spiro atoms. The molecule has 0 amide bonds. The second kappa shape index (κ2) is 4.80. The summed E-state index contributed by atoms with van der Waals surface area (Å²) in [5, 5.41) is 3.25. The predicted octanol–water partition coefficient (Wildman–Crippen LogP) is 2.84. The highest BCUT2D eigenvalue weighted by Gasteiger charge is 2.18. The summed E-state index contributed by atoms with van der Waals surface area (Å²) in [5.41, 5.74) is 7.98. The SMILES string of the molecule is CC(C)C(CN)c1nc(-c2cc[nH]c2)cs1. The fraction of sp³-hybridized carbons (Fsp3) is 0.417. The maximum Gasteiger partial charge on any atom is 0.0978 e. The van der Waals surface area contributed by atoms with Crippen LogP contribution in [0.4, 0.5) is 0 Å². The molecule has 3 N–H and O–H groups in total. The van der Waals surface area contributed by atoms with E-state index in [-0.39, 0.29) is 0 Å². The number of H-pyrrole nitrogens is 1. The molecule has 0 aliphatic heterocycles. The number of rotatable bonds is 4. The third-order valence-corrected chi connectivity index (χ3v) is 3.77. The van der Waals surface area contributed by atoms with Crippen molar-refractivity contribution in [2.24, 2.45) is 11.7 Å². The first kappa shape index (κ1) is 11.4. The molecule has 1 unspecified atom stereocenters. The zero-order valence-corrected chi connectivity index (χ0v) is 10.4. The van der Waals surface area contributed by atoms with Gasteiger partial charge in [0.1, 0.15) is 0 Å². The highest BCUT2D eigenvalue weighted by molar-refractivity contribution is 7.10. The number of nitrogens with one attached hydrogen (secondary N) is 1. The van der Waals surface area contributed by atoms with Gasteiger partial charge in [-0.05, 0) is 12.0 Å². The number of aromatic nitrogens is 2. The van der Waals surface area contributed by atoms with Crippen molar-refractivity contribution >= 4 is 11.3 Å². The van der Waals surface area contributed by atoms with E-state index < -0.39 is 0 Å². The molecule has 0 aromatic carbocycles. The minimum atomic E-state index is 0.373. The number of hydrogen-bond acceptors (Lipinski definition) is 3. The van der Waals surface area contributed by atoms with Gasteiger partial charge in [0.15, 0.2) is 0 Å². The fourth-order valence-electron chi connectivity index (χ4n) is 1.73. The van der Waals surface area contributed by atoms with Crippen molar-refractivity contribution in [3.8, 4) is 11.3 Å². The van der Waals surface area contributed by atoms with Gasteiger partial charge in [0.25, 0.3) is 0 Å². The Kier molecular flexibility index (Phi) is 3.41. The van der Waals surface area contributed by atoms with Crippen LogP contribution in [0, 0.1) is 5.92 Å². The van der Waals surface area contributed by atoms with Crippen molar-refractivity contribution in [2.45, 2.75) is 19.8 Å². The molecule has 0 saturated carbocycles. The van der Waals surface area contributed by atoms with E-state index in [1.165, 1.54) is 0 Å². The molecule has 2 aromatic heterocycles. The molecule has 1 atom stereocenters. The van der Waals surface area contributed by atoms with Gasteiger partial charge in [0.2, 0.25) is 0 Å². The maximum atomic E-state index is 5.79. The van der Waals surface area contributed by atoms with Gasteiger partial charge in [-0.25, -0.2) is 4.98 Å². The van der Waals surface area contributed by atoms with Crippen molar-refractivity contribution < 1.29 is 0 Å². The topological polar surface area (TPSA) is 54.7 Å². The molecule has 4 heteroatoms. The van der Waals surface area contributed by atoms with Crippen molar-refractivity contribution in [1.29, 1.82) is 0 Å². The second-order valence-electron chi connectivity index (χ2n) is 4.26. The monoisotopic (exact) mass is 235 g/mol. The van der Waals surface area contributed by atoms with E-state index >= 15 is 0 Å². The van der Waals surface area contributed by atoms with Crippen LogP contribution < -0.4 is 5.73 Å². The minimum Gasteiger partial charge on any atom is -0.367 e. The second-order valence-corrected chi connectivity index (χ2v) is 5.15. The van der Waals surface area contributed by atoms with Gasteiger partial charge in [-0.1, -0.05) is 13.8 Å². The molecule has 16 heavy (non-hydrogen) atoms. The smallest absolute Gasteiger partial charge is 0.0978 e. The molecule has 2 heterocycles. The Hall–Kier alpha value is -1.13. The van der Waals surface area contributed by atoms with Crippen LogP contribution in [-0.2, 0) is 0 Å². The Labute approximate surface area is 99.7 Å². The first-order valence-electron chi connectivity index (χ1n) is 5.51. The summed E-state index contributed by atoms with van der Waals surface area (Å²) >= 11 is 1.70. The third-order valence-electron chi connectivity index (χ3n) is 2.79. The van der Waals surface area contributed by atoms with E-state index in [0.717, 1.165) is 16.3 Å². The van der Waals surface area contributed by atoms with E-state index in [4.69, 9.17) is 5.73 Å². The number of nitrogens with two attached hydrogens (primary N) is 1. The summed E-state index contributed by atoms with van der Waals surface area (Å²) < 4.78 is 0. The van der Waals surface area contributed by atoms with Gasteiger partial charge >= 0.3 is 0 Å². The number of aromatic amines is 1. The lowest BCUT2D eigenvalue weighted by atomic mass is 9.97. The zero-order chi connectivity index (χ0) is 11.5. The Balaban J connectivity index is 2.25. The van der Waals surface area contributed by atoms with Crippen LogP contribution in [0.1, 0.15) is 24.8 Å². The molecule has 2 aromatic rings. The Bertz CT molecular complexity index is 431. The molecule has 2 rings (SSSR count). The molecule has 86 valence electrons. The Morgan fingerprint density at radius 3 is 2.88 bits per heavy atom. The van der Waals surface area contributed by atoms with Crippen LogP contribution in [0.2, 0.25) is 0 Å². The van der Waals surface area contributed by atoms with Gasteiger partial charge < -0.3 is 10.7 Å². The average molecular weight is 235 g/mol. The summed E-state index contributed by atoms with van der Waals surface area (Å²) in [6.45, 7) is 5.04.